The molecule has 0 aromatic carbocycles. The van der Waals surface area contributed by atoms with Crippen LogP contribution in [0.4, 0.5) is 0 Å². The van der Waals surface area contributed by atoms with Crippen LogP contribution in [0.1, 0.15) is 61.6 Å². The van der Waals surface area contributed by atoms with Gasteiger partial charge in [-0.3, -0.25) is 0 Å². The Hall–Kier alpha value is -1.91. The number of carbonyl (C=O) groups excluding carboxylic acids is 1. The number of esters is 1. The van der Waals surface area contributed by atoms with Crippen molar-refractivity contribution in [1.82, 2.24) is 14.8 Å². The van der Waals surface area contributed by atoms with Gasteiger partial charge in [-0.05, 0) is 39.7 Å². The molecule has 2 heterocycles. The molecule has 0 bridgehead atoms. The lowest BCUT2D eigenvalue weighted by Gasteiger charge is -2.09. The molecule has 0 aliphatic heterocycles. The van der Waals surface area contributed by atoms with E-state index in [2.05, 4.69) is 18.9 Å². The maximum atomic E-state index is 12.1. The fraction of sp³-hybridized carbons (Fsp3) is 0.533. The first-order valence-electron chi connectivity index (χ1n) is 7.17. The Kier molecular flexibility index (Phi) is 3.20. The molecule has 0 radical (unpaired) electrons. The zero-order chi connectivity index (χ0) is 14.3. The minimum atomic E-state index is -0.287. The molecule has 20 heavy (non-hydrogen) atoms. The predicted octanol–water partition coefficient (Wildman–Crippen LogP) is 3.07. The minimum Gasteiger partial charge on any atom is -0.462 e. The fourth-order valence-corrected chi connectivity index (χ4v) is 2.38. The summed E-state index contributed by atoms with van der Waals surface area (Å²) in [4.78, 5) is 16.9. The highest BCUT2D eigenvalue weighted by atomic mass is 16.5. The summed E-state index contributed by atoms with van der Waals surface area (Å²) in [5.41, 5.74) is 2.36. The maximum absolute atomic E-state index is 12.1. The second kappa shape index (κ2) is 4.89. The largest absolute Gasteiger partial charge is 0.462 e. The predicted molar refractivity (Wildman–Crippen MR) is 75.8 cm³/mol. The van der Waals surface area contributed by atoms with Crippen LogP contribution in [0.2, 0.25) is 0 Å². The van der Waals surface area contributed by atoms with E-state index in [9.17, 15) is 4.79 Å². The van der Waals surface area contributed by atoms with Crippen molar-refractivity contribution < 1.29 is 9.53 Å². The molecular formula is C15H19N3O2. The molecule has 0 saturated heterocycles. The lowest BCUT2D eigenvalue weighted by Crippen LogP contribution is -2.09. The molecule has 2 aromatic rings. The van der Waals surface area contributed by atoms with Gasteiger partial charge < -0.3 is 4.74 Å². The maximum Gasteiger partial charge on any atom is 0.338 e. The summed E-state index contributed by atoms with van der Waals surface area (Å²) in [6.45, 7) is 6.30. The van der Waals surface area contributed by atoms with E-state index >= 15 is 0 Å². The number of nitrogens with zero attached hydrogens (tertiary/aromatic N) is 3. The Bertz CT molecular complexity index is 656. The van der Waals surface area contributed by atoms with Crippen molar-refractivity contribution >= 4 is 17.0 Å². The highest BCUT2D eigenvalue weighted by Gasteiger charge is 2.28. The van der Waals surface area contributed by atoms with Gasteiger partial charge in [0.15, 0.2) is 5.65 Å². The topological polar surface area (TPSA) is 57.0 Å². The number of hydrogen-bond acceptors (Lipinski definition) is 4. The Morgan fingerprint density at radius 1 is 1.50 bits per heavy atom. The molecule has 1 aliphatic rings. The number of pyridine rings is 1. The number of aromatic nitrogens is 3. The van der Waals surface area contributed by atoms with Gasteiger partial charge in [0, 0.05) is 17.7 Å². The molecule has 5 nitrogen and oxygen atoms in total. The minimum absolute atomic E-state index is 0.212. The van der Waals surface area contributed by atoms with Crippen LogP contribution in [0.15, 0.2) is 12.3 Å². The molecule has 2 aromatic heterocycles. The van der Waals surface area contributed by atoms with Gasteiger partial charge in [-0.1, -0.05) is 0 Å². The molecule has 0 N–H and O–H groups in total. The average molecular weight is 273 g/mol. The Balaban J connectivity index is 2.18. The normalized spacial score (nSPS) is 15.0. The quantitative estimate of drug-likeness (QED) is 0.803. The third kappa shape index (κ3) is 2.17. The van der Waals surface area contributed by atoms with E-state index in [0.29, 0.717) is 18.1 Å². The van der Waals surface area contributed by atoms with E-state index in [-0.39, 0.29) is 12.0 Å². The first kappa shape index (κ1) is 13.1. The highest BCUT2D eigenvalue weighted by molar-refractivity contribution is 6.02. The Morgan fingerprint density at radius 3 is 2.85 bits per heavy atom. The van der Waals surface area contributed by atoms with Gasteiger partial charge in [0.05, 0.1) is 23.8 Å². The van der Waals surface area contributed by atoms with Gasteiger partial charge in [-0.2, -0.15) is 5.10 Å². The summed E-state index contributed by atoms with van der Waals surface area (Å²) in [6.07, 6.45) is 4.01. The standard InChI is InChI=1S/C15H19N3O2/c1-4-20-15(19)11-7-13(10-5-6-10)17-14-12(11)8-16-18(14)9(2)3/h7-10H,4-6H2,1-3H3. The van der Waals surface area contributed by atoms with Gasteiger partial charge in [0.2, 0.25) is 0 Å². The molecule has 0 spiro atoms. The molecule has 106 valence electrons. The van der Waals surface area contributed by atoms with Crippen molar-refractivity contribution in [2.24, 2.45) is 0 Å². The van der Waals surface area contributed by atoms with E-state index in [0.717, 1.165) is 29.6 Å². The van der Waals surface area contributed by atoms with E-state index < -0.39 is 0 Å². The number of ether oxygens (including phenoxy) is 1. The molecule has 5 heteroatoms. The smallest absolute Gasteiger partial charge is 0.338 e. The molecule has 0 amide bonds. The number of rotatable bonds is 4. The van der Waals surface area contributed by atoms with E-state index in [4.69, 9.17) is 9.72 Å². The molecule has 1 saturated carbocycles. The highest BCUT2D eigenvalue weighted by Crippen LogP contribution is 2.40. The summed E-state index contributed by atoms with van der Waals surface area (Å²) < 4.78 is 7.02. The summed E-state index contributed by atoms with van der Waals surface area (Å²) in [5, 5.41) is 5.14. The van der Waals surface area contributed by atoms with Crippen LogP contribution >= 0.6 is 0 Å². The van der Waals surface area contributed by atoms with Crippen molar-refractivity contribution in [2.45, 2.75) is 45.6 Å². The summed E-state index contributed by atoms with van der Waals surface area (Å²) in [7, 11) is 0. The van der Waals surface area contributed by atoms with Crippen molar-refractivity contribution in [3.05, 3.63) is 23.5 Å². The second-order valence-corrected chi connectivity index (χ2v) is 5.51. The molecule has 0 atom stereocenters. The molecular weight excluding hydrogens is 254 g/mol. The van der Waals surface area contributed by atoms with Gasteiger partial charge in [-0.15, -0.1) is 0 Å². The van der Waals surface area contributed by atoms with Crippen molar-refractivity contribution in [2.75, 3.05) is 6.61 Å². The lowest BCUT2D eigenvalue weighted by atomic mass is 10.1. The Labute approximate surface area is 117 Å². The van der Waals surface area contributed by atoms with Crippen LogP contribution in [0.25, 0.3) is 11.0 Å². The molecule has 1 fully saturated rings. The number of carbonyl (C=O) groups is 1. The third-order valence-electron chi connectivity index (χ3n) is 3.57. The van der Waals surface area contributed by atoms with E-state index in [1.54, 1.807) is 6.20 Å². The van der Waals surface area contributed by atoms with E-state index in [1.807, 2.05) is 17.7 Å². The monoisotopic (exact) mass is 273 g/mol. The average Bonchev–Trinajstić information content (AvgIpc) is 3.17. The molecule has 1 aliphatic carbocycles. The fourth-order valence-electron chi connectivity index (χ4n) is 2.38. The van der Waals surface area contributed by atoms with Crippen molar-refractivity contribution in [1.29, 1.82) is 0 Å². The second-order valence-electron chi connectivity index (χ2n) is 5.51. The van der Waals surface area contributed by atoms with Crippen LogP contribution in [0, 0.1) is 0 Å². The van der Waals surface area contributed by atoms with Gasteiger partial charge in [0.1, 0.15) is 0 Å². The molecule has 3 rings (SSSR count). The van der Waals surface area contributed by atoms with Crippen LogP contribution < -0.4 is 0 Å². The van der Waals surface area contributed by atoms with Crippen LogP contribution in [-0.4, -0.2) is 27.3 Å². The number of hydrogen-bond donors (Lipinski definition) is 0. The van der Waals surface area contributed by atoms with Gasteiger partial charge in [0.25, 0.3) is 0 Å². The van der Waals surface area contributed by atoms with Crippen molar-refractivity contribution in [3.8, 4) is 0 Å². The molecule has 0 unspecified atom stereocenters. The van der Waals surface area contributed by atoms with Crippen LogP contribution in [0.5, 0.6) is 0 Å². The van der Waals surface area contributed by atoms with Gasteiger partial charge in [-0.25, -0.2) is 14.5 Å². The zero-order valence-electron chi connectivity index (χ0n) is 12.1. The Morgan fingerprint density at radius 2 is 2.25 bits per heavy atom. The van der Waals surface area contributed by atoms with E-state index in [1.165, 1.54) is 0 Å². The van der Waals surface area contributed by atoms with Crippen LogP contribution in [-0.2, 0) is 4.74 Å². The first-order valence-corrected chi connectivity index (χ1v) is 7.17. The first-order chi connectivity index (χ1) is 9.61. The SMILES string of the molecule is CCOC(=O)c1cc(C2CC2)nc2c1cnn2C(C)C. The summed E-state index contributed by atoms with van der Waals surface area (Å²) >= 11 is 0. The third-order valence-corrected chi connectivity index (χ3v) is 3.57. The zero-order valence-corrected chi connectivity index (χ0v) is 12.1. The van der Waals surface area contributed by atoms with Crippen molar-refractivity contribution in [3.63, 3.8) is 0 Å². The number of fused-ring (bicyclic) bond motifs is 1. The van der Waals surface area contributed by atoms with Gasteiger partial charge >= 0.3 is 5.97 Å². The lowest BCUT2D eigenvalue weighted by molar-refractivity contribution is 0.0528. The van der Waals surface area contributed by atoms with Crippen LogP contribution in [0.3, 0.4) is 0 Å². The summed E-state index contributed by atoms with van der Waals surface area (Å²) in [6, 6.07) is 2.09. The summed E-state index contributed by atoms with van der Waals surface area (Å²) in [5.74, 6) is 0.202.